The standard InChI is InChI=1S/C22H16N2O4/c1-26-17-8-4-15(5-9-17)19-12-13-23-21(24-19)16-6-10-18(11-7-16)28-22(25)20-3-2-14-27-20/h2-14H,1H3. The minimum absolute atomic E-state index is 0.152. The number of carbonyl (C=O) groups excluding carboxylic acids is 1. The molecule has 0 aliphatic heterocycles. The number of nitrogens with zero attached hydrogens (tertiary/aromatic N) is 2. The van der Waals surface area contributed by atoms with Gasteiger partial charge in [0.05, 0.1) is 19.1 Å². The van der Waals surface area contributed by atoms with E-state index in [2.05, 4.69) is 9.97 Å². The first kappa shape index (κ1) is 17.5. The molecule has 6 nitrogen and oxygen atoms in total. The van der Waals surface area contributed by atoms with Crippen molar-refractivity contribution in [3.05, 3.63) is 85.0 Å². The van der Waals surface area contributed by atoms with Gasteiger partial charge in [-0.1, -0.05) is 0 Å². The van der Waals surface area contributed by atoms with Crippen molar-refractivity contribution >= 4 is 5.97 Å². The Morgan fingerprint density at radius 1 is 0.893 bits per heavy atom. The van der Waals surface area contributed by atoms with E-state index in [1.54, 1.807) is 49.7 Å². The van der Waals surface area contributed by atoms with Gasteiger partial charge in [-0.3, -0.25) is 0 Å². The third-order valence-electron chi connectivity index (χ3n) is 4.09. The van der Waals surface area contributed by atoms with E-state index >= 15 is 0 Å². The van der Waals surface area contributed by atoms with E-state index in [0.717, 1.165) is 22.6 Å². The van der Waals surface area contributed by atoms with E-state index in [0.29, 0.717) is 11.6 Å². The predicted molar refractivity (Wildman–Crippen MR) is 103 cm³/mol. The third kappa shape index (κ3) is 3.76. The summed E-state index contributed by atoms with van der Waals surface area (Å²) in [6, 6.07) is 19.7. The summed E-state index contributed by atoms with van der Waals surface area (Å²) in [6.45, 7) is 0. The second kappa shape index (κ2) is 7.75. The van der Waals surface area contributed by atoms with Gasteiger partial charge in [0.15, 0.2) is 5.82 Å². The molecule has 0 radical (unpaired) electrons. The first-order chi connectivity index (χ1) is 13.7. The van der Waals surface area contributed by atoms with E-state index in [-0.39, 0.29) is 5.76 Å². The second-order valence-corrected chi connectivity index (χ2v) is 5.89. The van der Waals surface area contributed by atoms with Crippen molar-refractivity contribution in [2.75, 3.05) is 7.11 Å². The van der Waals surface area contributed by atoms with Gasteiger partial charge in [-0.2, -0.15) is 0 Å². The van der Waals surface area contributed by atoms with Gasteiger partial charge in [0, 0.05) is 17.3 Å². The smallest absolute Gasteiger partial charge is 0.379 e. The highest BCUT2D eigenvalue weighted by atomic mass is 16.5. The Morgan fingerprint density at radius 3 is 2.29 bits per heavy atom. The summed E-state index contributed by atoms with van der Waals surface area (Å²) in [5.41, 5.74) is 2.59. The van der Waals surface area contributed by atoms with Crippen molar-refractivity contribution in [1.82, 2.24) is 9.97 Å². The summed E-state index contributed by atoms with van der Waals surface area (Å²) < 4.78 is 15.5. The first-order valence-electron chi connectivity index (χ1n) is 8.56. The lowest BCUT2D eigenvalue weighted by atomic mass is 10.1. The molecule has 0 aliphatic rings. The van der Waals surface area contributed by atoms with Crippen LogP contribution in [-0.4, -0.2) is 23.0 Å². The summed E-state index contributed by atoms with van der Waals surface area (Å²) in [6.07, 6.45) is 3.14. The maximum Gasteiger partial charge on any atom is 0.379 e. The number of furan rings is 1. The monoisotopic (exact) mass is 372 g/mol. The van der Waals surface area contributed by atoms with Crippen LogP contribution >= 0.6 is 0 Å². The Morgan fingerprint density at radius 2 is 1.61 bits per heavy atom. The average molecular weight is 372 g/mol. The fraction of sp³-hybridized carbons (Fsp3) is 0.0455. The van der Waals surface area contributed by atoms with Gasteiger partial charge in [0.1, 0.15) is 11.5 Å². The molecular formula is C22H16N2O4. The largest absolute Gasteiger partial charge is 0.497 e. The van der Waals surface area contributed by atoms with Crippen molar-refractivity contribution < 1.29 is 18.7 Å². The van der Waals surface area contributed by atoms with Crippen molar-refractivity contribution in [3.63, 3.8) is 0 Å². The number of carbonyl (C=O) groups is 1. The van der Waals surface area contributed by atoms with Gasteiger partial charge in [-0.05, 0) is 66.7 Å². The van der Waals surface area contributed by atoms with Crippen molar-refractivity contribution in [2.45, 2.75) is 0 Å². The Kier molecular flexibility index (Phi) is 4.84. The normalized spacial score (nSPS) is 10.5. The maximum atomic E-state index is 11.9. The van der Waals surface area contributed by atoms with Crippen LogP contribution in [0.5, 0.6) is 11.5 Å². The lowest BCUT2D eigenvalue weighted by molar-refractivity contribution is 0.0701. The molecule has 2 heterocycles. The van der Waals surface area contributed by atoms with Crippen molar-refractivity contribution in [3.8, 4) is 34.1 Å². The average Bonchev–Trinajstić information content (AvgIpc) is 3.30. The molecule has 0 spiro atoms. The highest BCUT2D eigenvalue weighted by molar-refractivity contribution is 5.88. The molecule has 28 heavy (non-hydrogen) atoms. The van der Waals surface area contributed by atoms with Crippen LogP contribution in [0.3, 0.4) is 0 Å². The van der Waals surface area contributed by atoms with Crippen LogP contribution in [-0.2, 0) is 0 Å². The first-order valence-corrected chi connectivity index (χ1v) is 8.56. The predicted octanol–water partition coefficient (Wildman–Crippen LogP) is 4.63. The van der Waals surface area contributed by atoms with Gasteiger partial charge in [0.2, 0.25) is 5.76 Å². The Bertz CT molecular complexity index is 1070. The minimum Gasteiger partial charge on any atom is -0.497 e. The zero-order valence-corrected chi connectivity index (χ0v) is 15.0. The second-order valence-electron chi connectivity index (χ2n) is 5.89. The minimum atomic E-state index is -0.546. The fourth-order valence-corrected chi connectivity index (χ4v) is 2.64. The van der Waals surface area contributed by atoms with Gasteiger partial charge in [-0.25, -0.2) is 14.8 Å². The van der Waals surface area contributed by atoms with Crippen LogP contribution < -0.4 is 9.47 Å². The van der Waals surface area contributed by atoms with Crippen molar-refractivity contribution in [2.24, 2.45) is 0 Å². The van der Waals surface area contributed by atoms with Crippen LogP contribution in [0, 0.1) is 0 Å². The highest BCUT2D eigenvalue weighted by Crippen LogP contribution is 2.24. The molecule has 2 aromatic carbocycles. The Balaban J connectivity index is 1.53. The molecule has 0 N–H and O–H groups in total. The number of rotatable bonds is 5. The number of hydrogen-bond acceptors (Lipinski definition) is 6. The molecule has 6 heteroatoms. The SMILES string of the molecule is COc1ccc(-c2ccnc(-c3ccc(OC(=O)c4ccco4)cc3)n2)cc1. The summed E-state index contributed by atoms with van der Waals surface area (Å²) in [5, 5.41) is 0. The molecule has 0 fully saturated rings. The molecule has 0 bridgehead atoms. The fourth-order valence-electron chi connectivity index (χ4n) is 2.64. The Hall–Kier alpha value is -3.93. The summed E-state index contributed by atoms with van der Waals surface area (Å²) in [7, 11) is 1.63. The molecule has 0 unspecified atom stereocenters. The molecule has 138 valence electrons. The van der Waals surface area contributed by atoms with Gasteiger partial charge >= 0.3 is 5.97 Å². The molecule has 4 aromatic rings. The van der Waals surface area contributed by atoms with E-state index < -0.39 is 5.97 Å². The highest BCUT2D eigenvalue weighted by Gasteiger charge is 2.12. The number of ether oxygens (including phenoxy) is 2. The molecule has 0 aliphatic carbocycles. The number of benzene rings is 2. The topological polar surface area (TPSA) is 74.5 Å². The van der Waals surface area contributed by atoms with Crippen LogP contribution in [0.15, 0.2) is 83.6 Å². The van der Waals surface area contributed by atoms with E-state index in [4.69, 9.17) is 13.9 Å². The summed E-state index contributed by atoms with van der Waals surface area (Å²) >= 11 is 0. The van der Waals surface area contributed by atoms with Gasteiger partial charge < -0.3 is 13.9 Å². The molecule has 0 saturated heterocycles. The van der Waals surface area contributed by atoms with Crippen molar-refractivity contribution in [1.29, 1.82) is 0 Å². The van der Waals surface area contributed by atoms with E-state index in [9.17, 15) is 4.79 Å². The number of aromatic nitrogens is 2. The number of hydrogen-bond donors (Lipinski definition) is 0. The van der Waals surface area contributed by atoms with E-state index in [1.165, 1.54) is 6.26 Å². The van der Waals surface area contributed by atoms with Gasteiger partial charge in [-0.15, -0.1) is 0 Å². The molecule has 2 aromatic heterocycles. The van der Waals surface area contributed by atoms with E-state index in [1.807, 2.05) is 30.3 Å². The van der Waals surface area contributed by atoms with Crippen LogP contribution in [0.1, 0.15) is 10.6 Å². The van der Waals surface area contributed by atoms with Crippen LogP contribution in [0.25, 0.3) is 22.6 Å². The quantitative estimate of drug-likeness (QED) is 0.376. The van der Waals surface area contributed by atoms with Crippen LogP contribution in [0.2, 0.25) is 0 Å². The number of methoxy groups -OCH3 is 1. The van der Waals surface area contributed by atoms with Gasteiger partial charge in [0.25, 0.3) is 0 Å². The van der Waals surface area contributed by atoms with Crippen LogP contribution in [0.4, 0.5) is 0 Å². The maximum absolute atomic E-state index is 11.9. The summed E-state index contributed by atoms with van der Waals surface area (Å²) in [5.74, 6) is 1.39. The zero-order chi connectivity index (χ0) is 19.3. The lowest BCUT2D eigenvalue weighted by Gasteiger charge is -2.06. The number of esters is 1. The molecule has 0 atom stereocenters. The molecule has 4 rings (SSSR count). The molecule has 0 amide bonds. The molecular weight excluding hydrogens is 356 g/mol. The third-order valence-corrected chi connectivity index (χ3v) is 4.09. The zero-order valence-electron chi connectivity index (χ0n) is 15.0. The molecule has 0 saturated carbocycles. The Labute approximate surface area is 161 Å². The summed E-state index contributed by atoms with van der Waals surface area (Å²) in [4.78, 5) is 20.9. The lowest BCUT2D eigenvalue weighted by Crippen LogP contribution is -2.06.